The lowest BCUT2D eigenvalue weighted by Crippen LogP contribution is -1.98. The van der Waals surface area contributed by atoms with E-state index in [1.165, 1.54) is 200 Å². The molecular weight excluding hydrogens is 1080 g/mol. The van der Waals surface area contributed by atoms with Crippen LogP contribution < -0.4 is 0 Å². The molecule has 0 atom stereocenters. The van der Waals surface area contributed by atoms with E-state index < -0.39 is 0 Å². The van der Waals surface area contributed by atoms with Crippen LogP contribution in [0.15, 0.2) is 109 Å². The van der Waals surface area contributed by atoms with Crippen LogP contribution in [0.4, 0.5) is 0 Å². The molecule has 0 aliphatic carbocycles. The first-order valence-electron chi connectivity index (χ1n) is 32.9. The third kappa shape index (κ3) is 25.0. The highest BCUT2D eigenvalue weighted by molar-refractivity contribution is 5.49. The Hall–Kier alpha value is -7.02. The third-order valence-corrected chi connectivity index (χ3v) is 20.3. The third-order valence-electron chi connectivity index (χ3n) is 20.3. The van der Waals surface area contributed by atoms with Crippen molar-refractivity contribution in [2.45, 2.75) is 249 Å². The highest BCUT2D eigenvalue weighted by Gasteiger charge is 2.09. The van der Waals surface area contributed by atoms with Gasteiger partial charge in [0.05, 0.1) is 0 Å². The summed E-state index contributed by atoms with van der Waals surface area (Å²) in [4.78, 5) is 0. The molecule has 0 saturated heterocycles. The largest absolute Gasteiger partial charge is 0.0620 e. The molecule has 0 unspecified atom stereocenters. The maximum Gasteiger partial charge on any atom is -0.0392 e. The van der Waals surface area contributed by atoms with Gasteiger partial charge in [-0.15, -0.1) is 0 Å². The lowest BCUT2D eigenvalue weighted by Gasteiger charge is -2.15. The lowest BCUT2D eigenvalue weighted by molar-refractivity contribution is 1.13. The van der Waals surface area contributed by atoms with E-state index in [2.05, 4.69) is 358 Å². The predicted molar refractivity (Wildman–Crippen MR) is 409 cm³/mol. The van der Waals surface area contributed by atoms with Crippen molar-refractivity contribution in [2.24, 2.45) is 0 Å². The van der Waals surface area contributed by atoms with Crippen LogP contribution in [-0.4, -0.2) is 0 Å². The van der Waals surface area contributed by atoms with Gasteiger partial charge in [-0.25, -0.2) is 0 Å². The lowest BCUT2D eigenvalue weighted by atomic mass is 9.90. The monoisotopic (exact) mass is 1210 g/mol. The standard InChI is InChI=1S/C12H18.2C11H16.3C10H14.2C9H12.C8H10/c1-7-8(2)10(4)12(6)11(5)9(7)3;2*1-7-6-8(2)10(4)11(5)9(7)3;1-7-5-9(3)10(4)6-8(7)2;1-7-5-8(2)10(4)9(3)6-7;1-7-5-6-8(2)10(4)9(7)3;1-7-4-5-8(2)9(3)6-7;1-7-5-4-6-8(2)9(7)3;1-7-5-3-4-6-8(7)2/h1-6H3;2*6H,1-5H3;3*5-6H,1-4H3;2*4-6H,1-3H3;3-6H,1-2H3. The van der Waals surface area contributed by atoms with Gasteiger partial charge in [0.15, 0.2) is 0 Å². The quantitative estimate of drug-likeness (QED) is 0.142. The van der Waals surface area contributed by atoms with E-state index in [1.807, 2.05) is 0 Å². The average Bonchev–Trinajstić information content (AvgIpc) is 3.42. The van der Waals surface area contributed by atoms with Crippen molar-refractivity contribution in [3.63, 3.8) is 0 Å². The minimum atomic E-state index is 1.35. The molecule has 0 aliphatic rings. The van der Waals surface area contributed by atoms with Gasteiger partial charge < -0.3 is 0 Å². The topological polar surface area (TPSA) is 0 Å². The maximum atomic E-state index is 2.26. The molecule has 0 heterocycles. The van der Waals surface area contributed by atoms with Gasteiger partial charge in [0.25, 0.3) is 0 Å². The molecular formula is C90H126. The minimum Gasteiger partial charge on any atom is -0.0620 e. The average molecular weight is 1210 g/mol. The Kier molecular flexibility index (Phi) is 34.2. The first-order chi connectivity index (χ1) is 41.6. The first-order valence-corrected chi connectivity index (χ1v) is 32.9. The summed E-state index contributed by atoms with van der Waals surface area (Å²) in [6.07, 6.45) is 0. The molecule has 0 heteroatoms. The van der Waals surface area contributed by atoms with Crippen LogP contribution in [0.1, 0.15) is 200 Å². The fraction of sp³-hybridized carbons (Fsp3) is 0.400. The van der Waals surface area contributed by atoms with Gasteiger partial charge in [-0.1, -0.05) is 120 Å². The summed E-state index contributed by atoms with van der Waals surface area (Å²) in [5.74, 6) is 0. The summed E-state index contributed by atoms with van der Waals surface area (Å²) in [5.41, 5.74) is 50.8. The highest BCUT2D eigenvalue weighted by atomic mass is 14.1. The Morgan fingerprint density at radius 1 is 0.111 bits per heavy atom. The molecule has 0 radical (unpaired) electrons. The number of benzene rings is 9. The second-order valence-electron chi connectivity index (χ2n) is 26.7. The van der Waals surface area contributed by atoms with Gasteiger partial charge in [-0.3, -0.25) is 0 Å². The van der Waals surface area contributed by atoms with Crippen molar-refractivity contribution in [1.29, 1.82) is 0 Å². The molecule has 0 nitrogen and oxygen atoms in total. The number of hydrogen-bond donors (Lipinski definition) is 0. The second-order valence-corrected chi connectivity index (χ2v) is 26.7. The van der Waals surface area contributed by atoms with Gasteiger partial charge in [0, 0.05) is 0 Å². The van der Waals surface area contributed by atoms with Crippen molar-refractivity contribution < 1.29 is 0 Å². The Morgan fingerprint density at radius 2 is 0.289 bits per heavy atom. The van der Waals surface area contributed by atoms with E-state index >= 15 is 0 Å². The van der Waals surface area contributed by atoms with Crippen molar-refractivity contribution in [1.82, 2.24) is 0 Å². The van der Waals surface area contributed by atoms with Gasteiger partial charge >= 0.3 is 0 Å². The van der Waals surface area contributed by atoms with Gasteiger partial charge in [0.1, 0.15) is 0 Å². The smallest absolute Gasteiger partial charge is 0.0392 e. The minimum absolute atomic E-state index is 1.35. The highest BCUT2D eigenvalue weighted by Crippen LogP contribution is 2.26. The molecule has 0 saturated carbocycles. The van der Waals surface area contributed by atoms with Crippen molar-refractivity contribution in [3.8, 4) is 0 Å². The summed E-state index contributed by atoms with van der Waals surface area (Å²) in [6.45, 7) is 78.1. The number of rotatable bonds is 0. The van der Waals surface area contributed by atoms with Crippen LogP contribution in [0, 0.1) is 249 Å². The second kappa shape index (κ2) is 38.0. The van der Waals surface area contributed by atoms with E-state index in [-0.39, 0.29) is 0 Å². The molecule has 0 fully saturated rings. The fourth-order valence-electron chi connectivity index (χ4n) is 10.4. The molecule has 0 spiro atoms. The summed E-state index contributed by atoms with van der Waals surface area (Å²) in [5, 5.41) is 0. The van der Waals surface area contributed by atoms with Crippen LogP contribution in [0.5, 0.6) is 0 Å². The first kappa shape index (κ1) is 81.0. The summed E-state index contributed by atoms with van der Waals surface area (Å²) >= 11 is 0. The molecule has 0 aliphatic heterocycles. The molecule has 0 bridgehead atoms. The van der Waals surface area contributed by atoms with Gasteiger partial charge in [-0.05, 0) is 438 Å². The molecule has 0 amide bonds. The fourth-order valence-corrected chi connectivity index (χ4v) is 10.4. The normalized spacial score (nSPS) is 10.0. The molecule has 9 aromatic carbocycles. The van der Waals surface area contributed by atoms with Crippen LogP contribution in [-0.2, 0) is 0 Å². The van der Waals surface area contributed by atoms with Crippen LogP contribution in [0.25, 0.3) is 0 Å². The zero-order valence-electron chi connectivity index (χ0n) is 64.4. The van der Waals surface area contributed by atoms with Gasteiger partial charge in [-0.2, -0.15) is 0 Å². The van der Waals surface area contributed by atoms with Crippen LogP contribution in [0.2, 0.25) is 0 Å². The Balaban J connectivity index is 0.000000507. The van der Waals surface area contributed by atoms with E-state index in [0.29, 0.717) is 0 Å². The molecule has 486 valence electrons. The molecule has 0 aromatic heterocycles. The van der Waals surface area contributed by atoms with Crippen LogP contribution >= 0.6 is 0 Å². The molecule has 90 heavy (non-hydrogen) atoms. The Morgan fingerprint density at radius 3 is 0.544 bits per heavy atom. The predicted octanol–water partition coefficient (Wildman–Crippen LogP) is 26.3. The van der Waals surface area contributed by atoms with Crippen molar-refractivity contribution >= 4 is 0 Å². The van der Waals surface area contributed by atoms with Crippen LogP contribution in [0.3, 0.4) is 0 Å². The van der Waals surface area contributed by atoms with E-state index in [0.717, 1.165) is 0 Å². The number of aryl methyl sites for hydroxylation is 20. The van der Waals surface area contributed by atoms with Crippen molar-refractivity contribution in [3.05, 3.63) is 309 Å². The zero-order chi connectivity index (χ0) is 69.5. The van der Waals surface area contributed by atoms with Crippen molar-refractivity contribution in [2.75, 3.05) is 0 Å². The van der Waals surface area contributed by atoms with E-state index in [4.69, 9.17) is 0 Å². The summed E-state index contributed by atoms with van der Waals surface area (Å²) in [7, 11) is 0. The number of hydrogen-bond acceptors (Lipinski definition) is 0. The summed E-state index contributed by atoms with van der Waals surface area (Å²) < 4.78 is 0. The zero-order valence-corrected chi connectivity index (χ0v) is 64.4. The Labute approximate surface area is 555 Å². The summed E-state index contributed by atoms with van der Waals surface area (Å²) in [6, 6.07) is 39.0. The molecule has 9 aromatic rings. The maximum absolute atomic E-state index is 2.26. The van der Waals surface area contributed by atoms with Gasteiger partial charge in [0.2, 0.25) is 0 Å². The molecule has 9 rings (SSSR count). The Bertz CT molecular complexity index is 3440. The SMILES string of the molecule is Cc1c(C)c(C)c(C)c(C)c1C.Cc1cc(C)c(C)c(C)c1.Cc1cc(C)c(C)c(C)c1C.Cc1cc(C)c(C)c(C)c1C.Cc1cc(C)c(C)cc1C.Cc1ccc(C)c(C)c1.Cc1ccc(C)c(C)c1C.Cc1cccc(C)c1C.Cc1ccccc1C. The van der Waals surface area contributed by atoms with E-state index in [1.54, 1.807) is 0 Å². The molecule has 0 N–H and O–H groups in total. The van der Waals surface area contributed by atoms with E-state index in [9.17, 15) is 0 Å².